The van der Waals surface area contributed by atoms with E-state index in [0.717, 1.165) is 16.5 Å². The summed E-state index contributed by atoms with van der Waals surface area (Å²) < 4.78 is 1.10. The molecule has 0 amide bonds. The number of nitrogens with one attached hydrogen (secondary N) is 1. The molecule has 1 unspecified atom stereocenters. The van der Waals surface area contributed by atoms with E-state index in [1.165, 1.54) is 5.56 Å². The Hall–Kier alpha value is -1.32. The van der Waals surface area contributed by atoms with Crippen molar-refractivity contribution >= 4 is 15.9 Å². The minimum Gasteiger partial charge on any atom is -0.508 e. The number of aromatic hydroxyl groups is 1. The molecule has 0 saturated heterocycles. The summed E-state index contributed by atoms with van der Waals surface area (Å²) in [4.78, 5) is 0. The van der Waals surface area contributed by atoms with Crippen LogP contribution in [0.25, 0.3) is 0 Å². The number of benzene rings is 2. The third-order valence-corrected chi connectivity index (χ3v) is 3.70. The van der Waals surface area contributed by atoms with Gasteiger partial charge in [0.25, 0.3) is 0 Å². The molecule has 2 nitrogen and oxygen atoms in total. The van der Waals surface area contributed by atoms with Gasteiger partial charge >= 0.3 is 0 Å². The van der Waals surface area contributed by atoms with Gasteiger partial charge in [0.2, 0.25) is 0 Å². The van der Waals surface area contributed by atoms with Crippen LogP contribution >= 0.6 is 15.9 Å². The van der Waals surface area contributed by atoms with Gasteiger partial charge in [0.05, 0.1) is 0 Å². The predicted molar refractivity (Wildman–Crippen MR) is 77.8 cm³/mol. The lowest BCUT2D eigenvalue weighted by Crippen LogP contribution is -2.19. The summed E-state index contributed by atoms with van der Waals surface area (Å²) in [5.74, 6) is 0.314. The molecule has 2 aromatic carbocycles. The van der Waals surface area contributed by atoms with Crippen LogP contribution in [0.15, 0.2) is 53.0 Å². The highest BCUT2D eigenvalue weighted by atomic mass is 79.9. The molecule has 2 rings (SSSR count). The number of phenols is 1. The summed E-state index contributed by atoms with van der Waals surface area (Å²) >= 11 is 3.58. The molecule has 94 valence electrons. The summed E-state index contributed by atoms with van der Waals surface area (Å²) in [7, 11) is 1.95. The summed E-state index contributed by atoms with van der Waals surface area (Å²) in [5, 5.41) is 12.8. The maximum Gasteiger partial charge on any atom is 0.115 e. The van der Waals surface area contributed by atoms with Gasteiger partial charge in [-0.15, -0.1) is 0 Å². The van der Waals surface area contributed by atoms with Crippen molar-refractivity contribution in [3.05, 3.63) is 64.1 Å². The van der Waals surface area contributed by atoms with Crippen LogP contribution in [0.5, 0.6) is 5.75 Å². The van der Waals surface area contributed by atoms with Crippen LogP contribution in [0.1, 0.15) is 17.2 Å². The molecule has 1 atom stereocenters. The zero-order valence-corrected chi connectivity index (χ0v) is 11.8. The second kappa shape index (κ2) is 6.03. The first-order chi connectivity index (χ1) is 8.70. The number of likely N-dealkylation sites (N-methyl/N-ethyl adjacent to an activating group) is 1. The number of hydrogen-bond acceptors (Lipinski definition) is 2. The van der Waals surface area contributed by atoms with Crippen LogP contribution in [-0.4, -0.2) is 12.2 Å². The molecule has 0 aromatic heterocycles. The van der Waals surface area contributed by atoms with E-state index in [-0.39, 0.29) is 6.04 Å². The summed E-state index contributed by atoms with van der Waals surface area (Å²) in [6.07, 6.45) is 0.841. The first kappa shape index (κ1) is 13.1. The smallest absolute Gasteiger partial charge is 0.115 e. The first-order valence-corrected chi connectivity index (χ1v) is 6.69. The third-order valence-electron chi connectivity index (χ3n) is 2.98. The van der Waals surface area contributed by atoms with E-state index in [9.17, 15) is 5.11 Å². The van der Waals surface area contributed by atoms with Crippen LogP contribution in [0.2, 0.25) is 0 Å². The van der Waals surface area contributed by atoms with Gasteiger partial charge in [-0.25, -0.2) is 0 Å². The molecule has 0 fully saturated rings. The summed E-state index contributed by atoms with van der Waals surface area (Å²) in [6, 6.07) is 15.8. The van der Waals surface area contributed by atoms with Crippen LogP contribution in [-0.2, 0) is 6.42 Å². The largest absolute Gasteiger partial charge is 0.508 e. The minimum absolute atomic E-state index is 0.224. The second-order valence-electron chi connectivity index (χ2n) is 4.24. The van der Waals surface area contributed by atoms with E-state index < -0.39 is 0 Å². The Bertz CT molecular complexity index is 527. The lowest BCUT2D eigenvalue weighted by Gasteiger charge is -2.18. The quantitative estimate of drug-likeness (QED) is 0.903. The highest BCUT2D eigenvalue weighted by Crippen LogP contribution is 2.26. The highest BCUT2D eigenvalue weighted by Gasteiger charge is 2.12. The Balaban J connectivity index is 2.23. The van der Waals surface area contributed by atoms with E-state index in [0.29, 0.717) is 5.75 Å². The maximum absolute atomic E-state index is 9.49. The summed E-state index contributed by atoms with van der Waals surface area (Å²) in [6.45, 7) is 0. The molecular weight excluding hydrogens is 290 g/mol. The van der Waals surface area contributed by atoms with E-state index >= 15 is 0 Å². The molecule has 0 heterocycles. The molecule has 2 aromatic rings. The van der Waals surface area contributed by atoms with Gasteiger partial charge in [-0.3, -0.25) is 0 Å². The van der Waals surface area contributed by atoms with Gasteiger partial charge in [0, 0.05) is 10.5 Å². The maximum atomic E-state index is 9.49. The lowest BCUT2D eigenvalue weighted by atomic mass is 9.99. The van der Waals surface area contributed by atoms with Crippen LogP contribution in [0.4, 0.5) is 0 Å². The zero-order valence-electron chi connectivity index (χ0n) is 10.2. The van der Waals surface area contributed by atoms with Crippen molar-refractivity contribution in [2.24, 2.45) is 0 Å². The minimum atomic E-state index is 0.224. The number of hydrogen-bond donors (Lipinski definition) is 2. The van der Waals surface area contributed by atoms with Crippen molar-refractivity contribution in [3.63, 3.8) is 0 Å². The fourth-order valence-electron chi connectivity index (χ4n) is 2.04. The van der Waals surface area contributed by atoms with E-state index in [2.05, 4.69) is 27.3 Å². The average molecular weight is 306 g/mol. The Kier molecular flexibility index (Phi) is 4.39. The van der Waals surface area contributed by atoms with Crippen LogP contribution < -0.4 is 5.32 Å². The molecule has 0 spiro atoms. The SMILES string of the molecule is CNC(Cc1cccc(O)c1)c1ccccc1Br. The molecule has 3 heteroatoms. The molecule has 0 bridgehead atoms. The Morgan fingerprint density at radius 3 is 2.61 bits per heavy atom. The van der Waals surface area contributed by atoms with Crippen molar-refractivity contribution in [3.8, 4) is 5.75 Å². The Morgan fingerprint density at radius 2 is 1.94 bits per heavy atom. The molecule has 0 aliphatic heterocycles. The standard InChI is InChI=1S/C15H16BrNO/c1-17-15(13-7-2-3-8-14(13)16)10-11-5-4-6-12(18)9-11/h2-9,15,17-18H,10H2,1H3. The fourth-order valence-corrected chi connectivity index (χ4v) is 2.61. The second-order valence-corrected chi connectivity index (χ2v) is 5.09. The number of phenolic OH excluding ortho intramolecular Hbond substituents is 1. The molecule has 2 N–H and O–H groups in total. The Morgan fingerprint density at radius 1 is 1.17 bits per heavy atom. The van der Waals surface area contributed by atoms with Crippen molar-refractivity contribution in [2.75, 3.05) is 7.05 Å². The molecule has 0 radical (unpaired) electrons. The van der Waals surface area contributed by atoms with E-state index in [1.54, 1.807) is 12.1 Å². The predicted octanol–water partition coefficient (Wildman–Crippen LogP) is 3.66. The lowest BCUT2D eigenvalue weighted by molar-refractivity contribution is 0.473. The molecule has 18 heavy (non-hydrogen) atoms. The van der Waals surface area contributed by atoms with Gasteiger partial charge in [-0.2, -0.15) is 0 Å². The highest BCUT2D eigenvalue weighted by molar-refractivity contribution is 9.10. The molecular formula is C15H16BrNO. The number of halogens is 1. The van der Waals surface area contributed by atoms with E-state index in [4.69, 9.17) is 0 Å². The number of rotatable bonds is 4. The normalized spacial score (nSPS) is 12.3. The summed E-state index contributed by atoms with van der Waals surface area (Å²) in [5.41, 5.74) is 2.34. The Labute approximate surface area is 116 Å². The van der Waals surface area contributed by atoms with Crippen LogP contribution in [0, 0.1) is 0 Å². The van der Waals surface area contributed by atoms with Crippen molar-refractivity contribution in [1.29, 1.82) is 0 Å². The van der Waals surface area contributed by atoms with Gasteiger partial charge in [-0.1, -0.05) is 46.3 Å². The van der Waals surface area contributed by atoms with Crippen LogP contribution in [0.3, 0.4) is 0 Å². The van der Waals surface area contributed by atoms with Gasteiger partial charge in [0.15, 0.2) is 0 Å². The topological polar surface area (TPSA) is 32.3 Å². The van der Waals surface area contributed by atoms with Crippen molar-refractivity contribution < 1.29 is 5.11 Å². The van der Waals surface area contributed by atoms with Crippen molar-refractivity contribution in [2.45, 2.75) is 12.5 Å². The first-order valence-electron chi connectivity index (χ1n) is 5.90. The molecule has 0 aliphatic rings. The third kappa shape index (κ3) is 3.12. The monoisotopic (exact) mass is 305 g/mol. The van der Waals surface area contributed by atoms with Crippen molar-refractivity contribution in [1.82, 2.24) is 5.32 Å². The van der Waals surface area contributed by atoms with Gasteiger partial charge < -0.3 is 10.4 Å². The molecule has 0 saturated carbocycles. The van der Waals surface area contributed by atoms with Gasteiger partial charge in [0.1, 0.15) is 5.75 Å². The fraction of sp³-hybridized carbons (Fsp3) is 0.200. The average Bonchev–Trinajstić information content (AvgIpc) is 2.37. The molecule has 0 aliphatic carbocycles. The van der Waals surface area contributed by atoms with Gasteiger partial charge in [-0.05, 0) is 42.8 Å². The zero-order chi connectivity index (χ0) is 13.0. The van der Waals surface area contributed by atoms with E-state index in [1.807, 2.05) is 37.4 Å².